The maximum absolute atomic E-state index is 10.9. The lowest BCUT2D eigenvalue weighted by atomic mass is 10.1. The number of hydrogen-bond acceptors (Lipinski definition) is 2. The number of hydrogen-bond donors (Lipinski definition) is 1. The van der Waals surface area contributed by atoms with E-state index in [0.29, 0.717) is 12.0 Å². The predicted octanol–water partition coefficient (Wildman–Crippen LogP) is 6.16. The van der Waals surface area contributed by atoms with Crippen LogP contribution in [0.25, 0.3) is 0 Å². The summed E-state index contributed by atoms with van der Waals surface area (Å²) in [6.07, 6.45) is 8.88. The fraction of sp³-hybridized carbons (Fsp3) is 0.842. The van der Waals surface area contributed by atoms with Crippen LogP contribution in [0.3, 0.4) is 0 Å². The van der Waals surface area contributed by atoms with Crippen molar-refractivity contribution in [2.75, 3.05) is 0 Å². The van der Waals surface area contributed by atoms with Gasteiger partial charge >= 0.3 is 5.97 Å². The molecule has 0 fully saturated rings. The van der Waals surface area contributed by atoms with Crippen molar-refractivity contribution in [1.82, 2.24) is 0 Å². The Kier molecular flexibility index (Phi) is 12.4. The molecule has 136 valence electrons. The van der Waals surface area contributed by atoms with Crippen LogP contribution in [0.4, 0.5) is 0 Å². The van der Waals surface area contributed by atoms with Crippen LogP contribution in [0, 0.1) is 0 Å². The standard InChI is InChI=1S/C19H38O3Si/c1-6-9-14-23(15-10-7-2,16-11-8-3)22-18(5)13-12-17(4)19(20)21/h18H,4,6-16H2,1-3,5H3,(H,20,21). The second-order valence-corrected chi connectivity index (χ2v) is 11.0. The van der Waals surface area contributed by atoms with Gasteiger partial charge in [-0.25, -0.2) is 4.79 Å². The van der Waals surface area contributed by atoms with Gasteiger partial charge in [-0.15, -0.1) is 0 Å². The number of unbranched alkanes of at least 4 members (excludes halogenated alkanes) is 3. The Hall–Kier alpha value is -0.613. The summed E-state index contributed by atoms with van der Waals surface area (Å²) in [6, 6.07) is 3.77. The van der Waals surface area contributed by atoms with E-state index in [2.05, 4.69) is 34.3 Å². The third-order valence-electron chi connectivity index (χ3n) is 4.56. The lowest BCUT2D eigenvalue weighted by molar-refractivity contribution is -0.132. The highest BCUT2D eigenvalue weighted by molar-refractivity contribution is 6.73. The lowest BCUT2D eigenvalue weighted by Crippen LogP contribution is -2.41. The Labute approximate surface area is 144 Å². The molecule has 1 N–H and O–H groups in total. The minimum atomic E-state index is -1.70. The number of carbonyl (C=O) groups is 1. The van der Waals surface area contributed by atoms with Crippen LogP contribution >= 0.6 is 0 Å². The molecule has 0 heterocycles. The summed E-state index contributed by atoms with van der Waals surface area (Å²) >= 11 is 0. The van der Waals surface area contributed by atoms with E-state index in [0.717, 1.165) is 6.42 Å². The maximum Gasteiger partial charge on any atom is 0.330 e. The quantitative estimate of drug-likeness (QED) is 0.286. The highest BCUT2D eigenvalue weighted by Crippen LogP contribution is 2.31. The summed E-state index contributed by atoms with van der Waals surface area (Å²) in [7, 11) is -1.70. The summed E-state index contributed by atoms with van der Waals surface area (Å²) in [4.78, 5) is 10.9. The van der Waals surface area contributed by atoms with Gasteiger partial charge in [-0.1, -0.05) is 65.9 Å². The van der Waals surface area contributed by atoms with Gasteiger partial charge < -0.3 is 9.53 Å². The SMILES string of the molecule is C=C(CCC(C)O[Si](CCCC)(CCCC)CCCC)C(=O)O. The first kappa shape index (κ1) is 22.4. The molecule has 0 saturated heterocycles. The zero-order valence-corrected chi connectivity index (χ0v) is 16.8. The Morgan fingerprint density at radius 1 is 1.04 bits per heavy atom. The molecule has 0 aliphatic rings. The van der Waals surface area contributed by atoms with Gasteiger partial charge in [-0.05, 0) is 37.9 Å². The van der Waals surface area contributed by atoms with Crippen LogP contribution in [-0.4, -0.2) is 25.5 Å². The minimum absolute atomic E-state index is 0.142. The van der Waals surface area contributed by atoms with Gasteiger partial charge in [-0.2, -0.15) is 0 Å². The van der Waals surface area contributed by atoms with Gasteiger partial charge in [-0.3, -0.25) is 0 Å². The van der Waals surface area contributed by atoms with Crippen molar-refractivity contribution in [1.29, 1.82) is 0 Å². The van der Waals surface area contributed by atoms with Gasteiger partial charge in [0.25, 0.3) is 0 Å². The van der Waals surface area contributed by atoms with E-state index < -0.39 is 14.3 Å². The molecule has 0 spiro atoms. The Morgan fingerprint density at radius 2 is 1.48 bits per heavy atom. The number of carboxylic acids is 1. The third kappa shape index (κ3) is 9.98. The van der Waals surface area contributed by atoms with E-state index in [-0.39, 0.29) is 6.10 Å². The Morgan fingerprint density at radius 3 is 1.83 bits per heavy atom. The molecule has 3 nitrogen and oxygen atoms in total. The first-order chi connectivity index (χ1) is 10.9. The average Bonchev–Trinajstić information content (AvgIpc) is 2.53. The highest BCUT2D eigenvalue weighted by Gasteiger charge is 2.34. The number of rotatable bonds is 15. The predicted molar refractivity (Wildman–Crippen MR) is 101 cm³/mol. The van der Waals surface area contributed by atoms with E-state index in [4.69, 9.17) is 9.53 Å². The fourth-order valence-electron chi connectivity index (χ4n) is 3.02. The first-order valence-electron chi connectivity index (χ1n) is 9.49. The Bertz CT molecular complexity index is 320. The maximum atomic E-state index is 10.9. The molecular weight excluding hydrogens is 304 g/mol. The summed E-state index contributed by atoms with van der Waals surface area (Å²) in [5.41, 5.74) is 0.295. The van der Waals surface area contributed by atoms with Crippen molar-refractivity contribution < 1.29 is 14.3 Å². The van der Waals surface area contributed by atoms with Gasteiger partial charge in [0.1, 0.15) is 0 Å². The van der Waals surface area contributed by atoms with Crippen molar-refractivity contribution in [2.45, 2.75) is 103 Å². The van der Waals surface area contributed by atoms with Crippen molar-refractivity contribution in [2.24, 2.45) is 0 Å². The van der Waals surface area contributed by atoms with E-state index >= 15 is 0 Å². The first-order valence-corrected chi connectivity index (χ1v) is 12.0. The second kappa shape index (κ2) is 12.8. The van der Waals surface area contributed by atoms with Crippen molar-refractivity contribution in [3.8, 4) is 0 Å². The molecule has 0 aromatic carbocycles. The normalized spacial score (nSPS) is 13.0. The van der Waals surface area contributed by atoms with Crippen LogP contribution in [0.5, 0.6) is 0 Å². The van der Waals surface area contributed by atoms with E-state index in [1.54, 1.807) is 0 Å². The van der Waals surface area contributed by atoms with Gasteiger partial charge in [0, 0.05) is 11.7 Å². The summed E-state index contributed by atoms with van der Waals surface area (Å²) in [5.74, 6) is -0.886. The van der Waals surface area contributed by atoms with Gasteiger partial charge in [0.15, 0.2) is 8.32 Å². The monoisotopic (exact) mass is 342 g/mol. The third-order valence-corrected chi connectivity index (χ3v) is 9.26. The summed E-state index contributed by atoms with van der Waals surface area (Å²) in [5, 5.41) is 8.94. The van der Waals surface area contributed by atoms with Crippen LogP contribution in [0.15, 0.2) is 12.2 Å². The molecule has 0 aromatic heterocycles. The van der Waals surface area contributed by atoms with Crippen LogP contribution in [0.1, 0.15) is 79.1 Å². The van der Waals surface area contributed by atoms with E-state index in [1.807, 2.05) is 0 Å². The number of aliphatic carboxylic acids is 1. The van der Waals surface area contributed by atoms with Crippen molar-refractivity contribution >= 4 is 14.3 Å². The molecule has 1 unspecified atom stereocenters. The van der Waals surface area contributed by atoms with Crippen LogP contribution in [0.2, 0.25) is 18.1 Å². The van der Waals surface area contributed by atoms with Gasteiger partial charge in [0.2, 0.25) is 0 Å². The summed E-state index contributed by atoms with van der Waals surface area (Å²) in [6.45, 7) is 12.5. The average molecular weight is 343 g/mol. The Balaban J connectivity index is 4.77. The molecule has 4 heteroatoms. The molecule has 0 rings (SSSR count). The second-order valence-electron chi connectivity index (χ2n) is 6.87. The van der Waals surface area contributed by atoms with Crippen molar-refractivity contribution in [3.05, 3.63) is 12.2 Å². The van der Waals surface area contributed by atoms with Crippen LogP contribution in [-0.2, 0) is 9.22 Å². The largest absolute Gasteiger partial charge is 0.478 e. The summed E-state index contributed by atoms with van der Waals surface area (Å²) < 4.78 is 6.68. The molecular formula is C19H38O3Si. The molecule has 23 heavy (non-hydrogen) atoms. The van der Waals surface area contributed by atoms with Crippen LogP contribution < -0.4 is 0 Å². The number of carboxylic acid groups (broad SMARTS) is 1. The van der Waals surface area contributed by atoms with Crippen molar-refractivity contribution in [3.63, 3.8) is 0 Å². The molecule has 0 amide bonds. The van der Waals surface area contributed by atoms with E-state index in [1.165, 1.54) is 56.7 Å². The zero-order chi connectivity index (χ0) is 17.7. The molecule has 0 saturated carbocycles. The van der Waals surface area contributed by atoms with E-state index in [9.17, 15) is 4.79 Å². The molecule has 0 aromatic rings. The topological polar surface area (TPSA) is 46.5 Å². The molecule has 0 radical (unpaired) electrons. The minimum Gasteiger partial charge on any atom is -0.478 e. The van der Waals surface area contributed by atoms with Gasteiger partial charge in [0.05, 0.1) is 0 Å². The molecule has 1 atom stereocenters. The molecule has 0 aliphatic heterocycles. The fourth-order valence-corrected chi connectivity index (χ4v) is 8.09. The molecule has 0 aliphatic carbocycles. The highest BCUT2D eigenvalue weighted by atomic mass is 28.4. The zero-order valence-electron chi connectivity index (χ0n) is 15.8. The molecule has 0 bridgehead atoms. The smallest absolute Gasteiger partial charge is 0.330 e. The lowest BCUT2D eigenvalue weighted by Gasteiger charge is -2.35.